The number of nitrogens with zero attached hydrogens (tertiary/aromatic N) is 2. The van der Waals surface area contributed by atoms with Crippen LogP contribution in [0.2, 0.25) is 0 Å². The van der Waals surface area contributed by atoms with Crippen LogP contribution in [-0.2, 0) is 13.6 Å². The van der Waals surface area contributed by atoms with Crippen LogP contribution in [0.1, 0.15) is 27.0 Å². The molecule has 0 unspecified atom stereocenters. The van der Waals surface area contributed by atoms with E-state index in [0.717, 1.165) is 5.56 Å². The van der Waals surface area contributed by atoms with Crippen molar-refractivity contribution in [2.45, 2.75) is 20.4 Å². The molecule has 1 N–H and O–H groups in total. The van der Waals surface area contributed by atoms with Gasteiger partial charge in [0.05, 0.1) is 11.8 Å². The van der Waals surface area contributed by atoms with Gasteiger partial charge in [0.2, 0.25) is 0 Å². The van der Waals surface area contributed by atoms with E-state index < -0.39 is 0 Å². The third-order valence-corrected chi connectivity index (χ3v) is 2.90. The highest BCUT2D eigenvalue weighted by atomic mass is 16.1. The van der Waals surface area contributed by atoms with E-state index in [4.69, 9.17) is 0 Å². The average Bonchev–Trinajstić information content (AvgIpc) is 2.74. The van der Waals surface area contributed by atoms with E-state index in [0.29, 0.717) is 12.1 Å². The Morgan fingerprint density at radius 3 is 2.78 bits per heavy atom. The fourth-order valence-corrected chi connectivity index (χ4v) is 1.86. The molecule has 18 heavy (non-hydrogen) atoms. The third-order valence-electron chi connectivity index (χ3n) is 2.90. The van der Waals surface area contributed by atoms with Gasteiger partial charge in [0.15, 0.2) is 0 Å². The van der Waals surface area contributed by atoms with Gasteiger partial charge in [0.1, 0.15) is 0 Å². The van der Waals surface area contributed by atoms with Crippen LogP contribution >= 0.6 is 0 Å². The minimum absolute atomic E-state index is 0.0944. The van der Waals surface area contributed by atoms with Crippen molar-refractivity contribution in [3.05, 3.63) is 52.8 Å². The van der Waals surface area contributed by atoms with Crippen molar-refractivity contribution in [1.29, 1.82) is 0 Å². The smallest absolute Gasteiger partial charge is 0.254 e. The predicted octanol–water partition coefficient (Wildman–Crippen LogP) is 1.97. The summed E-state index contributed by atoms with van der Waals surface area (Å²) in [4.78, 5) is 11.8. The summed E-state index contributed by atoms with van der Waals surface area (Å²) in [5.41, 5.74) is 4.15. The molecule has 94 valence electrons. The van der Waals surface area contributed by atoms with Crippen molar-refractivity contribution in [2.75, 3.05) is 0 Å². The van der Waals surface area contributed by atoms with Crippen LogP contribution in [0, 0.1) is 13.8 Å². The Morgan fingerprint density at radius 1 is 1.39 bits per heavy atom. The number of hydrogen-bond acceptors (Lipinski definition) is 2. The summed E-state index contributed by atoms with van der Waals surface area (Å²) in [6.07, 6.45) is 3.27. The second-order valence-electron chi connectivity index (χ2n) is 4.52. The molecule has 0 aliphatic heterocycles. The molecule has 1 aromatic carbocycles. The van der Waals surface area contributed by atoms with E-state index in [1.807, 2.05) is 6.07 Å². The Kier molecular flexibility index (Phi) is 3.46. The summed E-state index contributed by atoms with van der Waals surface area (Å²) < 4.78 is 1.62. The molecule has 0 aliphatic rings. The SMILES string of the molecule is Cc1ccc(CNC(=O)c2cnn(C)c2)c(C)c1. The maximum Gasteiger partial charge on any atom is 0.254 e. The molecule has 0 saturated carbocycles. The van der Waals surface area contributed by atoms with Crippen LogP contribution in [0.5, 0.6) is 0 Å². The van der Waals surface area contributed by atoms with Crippen LogP contribution in [0.15, 0.2) is 30.6 Å². The van der Waals surface area contributed by atoms with Crippen molar-refractivity contribution in [3.8, 4) is 0 Å². The highest BCUT2D eigenvalue weighted by molar-refractivity contribution is 5.93. The monoisotopic (exact) mass is 243 g/mol. The molecule has 1 heterocycles. The number of aromatic nitrogens is 2. The third kappa shape index (κ3) is 2.77. The topological polar surface area (TPSA) is 46.9 Å². The quantitative estimate of drug-likeness (QED) is 0.895. The van der Waals surface area contributed by atoms with E-state index in [1.165, 1.54) is 11.1 Å². The number of carbonyl (C=O) groups is 1. The standard InChI is InChI=1S/C14H17N3O/c1-10-4-5-12(11(2)6-10)7-15-14(18)13-8-16-17(3)9-13/h4-6,8-9H,7H2,1-3H3,(H,15,18). The number of nitrogens with one attached hydrogen (secondary N) is 1. The largest absolute Gasteiger partial charge is 0.348 e. The van der Waals surface area contributed by atoms with Crippen molar-refractivity contribution < 1.29 is 4.79 Å². The second kappa shape index (κ2) is 5.04. The first kappa shape index (κ1) is 12.4. The van der Waals surface area contributed by atoms with Gasteiger partial charge in [-0.25, -0.2) is 0 Å². The molecule has 0 spiro atoms. The van der Waals surface area contributed by atoms with E-state index >= 15 is 0 Å². The number of rotatable bonds is 3. The highest BCUT2D eigenvalue weighted by Crippen LogP contribution is 2.10. The zero-order valence-electron chi connectivity index (χ0n) is 10.9. The number of amides is 1. The molecule has 0 radical (unpaired) electrons. The summed E-state index contributed by atoms with van der Waals surface area (Å²) >= 11 is 0. The van der Waals surface area contributed by atoms with Crippen LogP contribution in [0.4, 0.5) is 0 Å². The fourth-order valence-electron chi connectivity index (χ4n) is 1.86. The average molecular weight is 243 g/mol. The van der Waals surface area contributed by atoms with Gasteiger partial charge in [0, 0.05) is 19.8 Å². The lowest BCUT2D eigenvalue weighted by Gasteiger charge is -2.08. The maximum atomic E-state index is 11.8. The molecule has 2 aromatic rings. The number of benzene rings is 1. The molecule has 4 nitrogen and oxygen atoms in total. The zero-order chi connectivity index (χ0) is 13.1. The molecule has 0 aliphatic carbocycles. The summed E-state index contributed by atoms with van der Waals surface area (Å²) in [5.74, 6) is -0.0944. The Labute approximate surface area is 107 Å². The first-order valence-electron chi connectivity index (χ1n) is 5.89. The van der Waals surface area contributed by atoms with Gasteiger partial charge < -0.3 is 5.32 Å². The molecule has 2 rings (SSSR count). The van der Waals surface area contributed by atoms with Crippen molar-refractivity contribution in [3.63, 3.8) is 0 Å². The molecule has 0 fully saturated rings. The Balaban J connectivity index is 2.01. The van der Waals surface area contributed by atoms with Crippen LogP contribution in [0.3, 0.4) is 0 Å². The molecular weight excluding hydrogens is 226 g/mol. The van der Waals surface area contributed by atoms with Gasteiger partial charge in [-0.05, 0) is 25.0 Å². The number of hydrogen-bond donors (Lipinski definition) is 1. The van der Waals surface area contributed by atoms with Gasteiger partial charge in [-0.3, -0.25) is 9.48 Å². The van der Waals surface area contributed by atoms with Gasteiger partial charge in [-0.15, -0.1) is 0 Å². The van der Waals surface area contributed by atoms with Crippen molar-refractivity contribution in [1.82, 2.24) is 15.1 Å². The molecule has 1 amide bonds. The van der Waals surface area contributed by atoms with Gasteiger partial charge in [-0.1, -0.05) is 23.8 Å². The number of aryl methyl sites for hydroxylation is 3. The Hall–Kier alpha value is -2.10. The number of carbonyl (C=O) groups excluding carboxylic acids is 1. The highest BCUT2D eigenvalue weighted by Gasteiger charge is 2.07. The molecule has 0 atom stereocenters. The van der Waals surface area contributed by atoms with Crippen LogP contribution in [0.25, 0.3) is 0 Å². The summed E-state index contributed by atoms with van der Waals surface area (Å²) in [6, 6.07) is 6.22. The van der Waals surface area contributed by atoms with E-state index in [1.54, 1.807) is 24.1 Å². The second-order valence-corrected chi connectivity index (χ2v) is 4.52. The Morgan fingerprint density at radius 2 is 2.17 bits per heavy atom. The first-order chi connectivity index (χ1) is 8.56. The molecule has 0 saturated heterocycles. The molecule has 0 bridgehead atoms. The minimum atomic E-state index is -0.0944. The fraction of sp³-hybridized carbons (Fsp3) is 0.286. The minimum Gasteiger partial charge on any atom is -0.348 e. The van der Waals surface area contributed by atoms with Gasteiger partial charge in [-0.2, -0.15) is 5.10 Å². The molecule has 1 aromatic heterocycles. The van der Waals surface area contributed by atoms with Crippen molar-refractivity contribution in [2.24, 2.45) is 7.05 Å². The van der Waals surface area contributed by atoms with Crippen LogP contribution in [-0.4, -0.2) is 15.7 Å². The molecule has 4 heteroatoms. The van der Waals surface area contributed by atoms with Gasteiger partial charge >= 0.3 is 0 Å². The summed E-state index contributed by atoms with van der Waals surface area (Å²) in [6.45, 7) is 4.66. The normalized spacial score (nSPS) is 10.4. The maximum absolute atomic E-state index is 11.8. The predicted molar refractivity (Wildman–Crippen MR) is 70.3 cm³/mol. The van der Waals surface area contributed by atoms with E-state index in [9.17, 15) is 4.79 Å². The lowest BCUT2D eigenvalue weighted by atomic mass is 10.1. The van der Waals surface area contributed by atoms with E-state index in [2.05, 4.69) is 36.4 Å². The first-order valence-corrected chi connectivity index (χ1v) is 5.89. The Bertz CT molecular complexity index is 572. The zero-order valence-corrected chi connectivity index (χ0v) is 10.9. The van der Waals surface area contributed by atoms with Crippen LogP contribution < -0.4 is 5.32 Å². The molecular formula is C14H17N3O. The lowest BCUT2D eigenvalue weighted by Crippen LogP contribution is -2.22. The lowest BCUT2D eigenvalue weighted by molar-refractivity contribution is 0.0951. The van der Waals surface area contributed by atoms with E-state index in [-0.39, 0.29) is 5.91 Å². The summed E-state index contributed by atoms with van der Waals surface area (Å²) in [7, 11) is 1.79. The van der Waals surface area contributed by atoms with Crippen molar-refractivity contribution >= 4 is 5.91 Å². The van der Waals surface area contributed by atoms with Gasteiger partial charge in [0.25, 0.3) is 5.91 Å². The summed E-state index contributed by atoms with van der Waals surface area (Å²) in [5, 5.41) is 6.87.